The molecule has 1 atom stereocenters. The van der Waals surface area contributed by atoms with Gasteiger partial charge in [0.1, 0.15) is 24.0 Å². The highest BCUT2D eigenvalue weighted by molar-refractivity contribution is 6.31. The van der Waals surface area contributed by atoms with E-state index in [4.69, 9.17) is 21.3 Å². The predicted octanol–water partition coefficient (Wildman–Crippen LogP) is 4.26. The van der Waals surface area contributed by atoms with E-state index in [-0.39, 0.29) is 0 Å². The van der Waals surface area contributed by atoms with Gasteiger partial charge in [-0.3, -0.25) is 0 Å². The lowest BCUT2D eigenvalue weighted by atomic mass is 10.1. The molecule has 0 aliphatic carbocycles. The Balaban J connectivity index is 1.30. The average Bonchev–Trinajstić information content (AvgIpc) is 2.90. The van der Waals surface area contributed by atoms with Gasteiger partial charge in [0.2, 0.25) is 0 Å². The van der Waals surface area contributed by atoms with Crippen molar-refractivity contribution in [2.45, 2.75) is 44.6 Å². The number of hydrogen-bond acceptors (Lipinski definition) is 8. The second kappa shape index (κ2) is 13.5. The molecule has 9 nitrogen and oxygen atoms in total. The first kappa shape index (κ1) is 27.0. The van der Waals surface area contributed by atoms with Crippen LogP contribution >= 0.6 is 11.6 Å². The Labute approximate surface area is 222 Å². The van der Waals surface area contributed by atoms with E-state index < -0.39 is 12.0 Å². The zero-order valence-corrected chi connectivity index (χ0v) is 22.0. The topological polar surface area (TPSA) is 113 Å². The van der Waals surface area contributed by atoms with Crippen LogP contribution in [-0.2, 0) is 22.4 Å². The normalized spacial score (nSPS) is 13.8. The van der Waals surface area contributed by atoms with Gasteiger partial charge in [-0.1, -0.05) is 17.7 Å². The number of benzene rings is 1. The number of aromatic nitrogens is 3. The highest BCUT2D eigenvalue weighted by Gasteiger charge is 2.20. The maximum atomic E-state index is 12.1. The zero-order chi connectivity index (χ0) is 26.0. The monoisotopic (exact) mass is 526 g/mol. The Bertz CT molecular complexity index is 1190. The summed E-state index contributed by atoms with van der Waals surface area (Å²) in [7, 11) is 1.68. The molecule has 0 spiro atoms. The van der Waals surface area contributed by atoms with Crippen LogP contribution in [0.5, 0.6) is 0 Å². The number of hydrogen-bond donors (Lipinski definition) is 3. The number of aryl methyl sites for hydroxylation is 2. The van der Waals surface area contributed by atoms with Gasteiger partial charge in [0.25, 0.3) is 0 Å². The van der Waals surface area contributed by atoms with Crippen molar-refractivity contribution in [1.29, 1.82) is 0 Å². The molecule has 0 saturated carbocycles. The fraction of sp³-hybridized carbons (Fsp3) is 0.481. The van der Waals surface area contributed by atoms with Crippen LogP contribution < -0.4 is 10.6 Å². The van der Waals surface area contributed by atoms with E-state index in [0.717, 1.165) is 68.6 Å². The third-order valence-electron chi connectivity index (χ3n) is 6.66. The molecule has 3 heterocycles. The Hall–Kier alpha value is -3.01. The minimum atomic E-state index is -0.917. The number of unbranched alkanes of at least 4 members (excludes halogenated alkanes) is 1. The van der Waals surface area contributed by atoms with Crippen molar-refractivity contribution >= 4 is 40.1 Å². The first-order valence-corrected chi connectivity index (χ1v) is 13.2. The maximum Gasteiger partial charge on any atom is 0.326 e. The second-order valence-electron chi connectivity index (χ2n) is 9.34. The lowest BCUT2D eigenvalue weighted by Crippen LogP contribution is -2.37. The smallest absolute Gasteiger partial charge is 0.326 e. The summed E-state index contributed by atoms with van der Waals surface area (Å²) >= 11 is 6.07. The summed E-state index contributed by atoms with van der Waals surface area (Å²) in [5, 5.41) is 17.7. The lowest BCUT2D eigenvalue weighted by Gasteiger charge is -2.24. The van der Waals surface area contributed by atoms with Crippen LogP contribution in [0.1, 0.15) is 36.9 Å². The number of rotatable bonds is 14. The standard InChI is InChI=1S/C27H35ClN6O3/c1-37-16-15-34(13-3-2-6-21-9-7-19-5-4-12-29-25(19)32-21)14-11-23(27(35)36)33-26-22-10-8-20(28)17-24(22)30-18-31-26/h7-10,17-18,23H,2-6,11-16H2,1H3,(H,29,32)(H,35,36)(H,30,31,33). The van der Waals surface area contributed by atoms with Crippen LogP contribution in [-0.4, -0.2) is 76.9 Å². The van der Waals surface area contributed by atoms with Crippen LogP contribution in [0.25, 0.3) is 10.9 Å². The van der Waals surface area contributed by atoms with E-state index in [1.54, 1.807) is 25.3 Å². The van der Waals surface area contributed by atoms with Crippen molar-refractivity contribution in [3.63, 3.8) is 0 Å². The largest absolute Gasteiger partial charge is 0.480 e. The molecule has 3 aromatic rings. The number of methoxy groups -OCH3 is 1. The van der Waals surface area contributed by atoms with Crippen molar-refractivity contribution in [1.82, 2.24) is 19.9 Å². The van der Waals surface area contributed by atoms with Crippen LogP contribution in [0, 0.1) is 0 Å². The molecule has 1 aliphatic heterocycles. The fourth-order valence-electron chi connectivity index (χ4n) is 4.58. The summed E-state index contributed by atoms with van der Waals surface area (Å²) in [6.45, 7) is 3.84. The zero-order valence-electron chi connectivity index (χ0n) is 21.3. The predicted molar refractivity (Wildman–Crippen MR) is 147 cm³/mol. The van der Waals surface area contributed by atoms with Gasteiger partial charge < -0.3 is 25.4 Å². The molecule has 3 N–H and O–H groups in total. The summed E-state index contributed by atoms with van der Waals surface area (Å²) in [6.07, 6.45) is 7.04. The molecule has 10 heteroatoms. The number of ether oxygens (including phenoxy) is 1. The molecule has 1 aliphatic rings. The quantitative estimate of drug-likeness (QED) is 0.265. The molecule has 37 heavy (non-hydrogen) atoms. The van der Waals surface area contributed by atoms with Gasteiger partial charge in [-0.15, -0.1) is 0 Å². The Kier molecular flexibility index (Phi) is 9.87. The average molecular weight is 527 g/mol. The summed E-state index contributed by atoms with van der Waals surface area (Å²) in [5.74, 6) is 0.612. The van der Waals surface area contributed by atoms with Crippen molar-refractivity contribution in [3.8, 4) is 0 Å². The van der Waals surface area contributed by atoms with Gasteiger partial charge in [0.15, 0.2) is 0 Å². The molecule has 198 valence electrons. The summed E-state index contributed by atoms with van der Waals surface area (Å²) < 4.78 is 5.29. The minimum Gasteiger partial charge on any atom is -0.480 e. The highest BCUT2D eigenvalue weighted by atomic mass is 35.5. The third kappa shape index (κ3) is 7.74. The van der Waals surface area contributed by atoms with Crippen molar-refractivity contribution in [2.75, 3.05) is 50.5 Å². The number of carboxylic acids is 1. The first-order valence-electron chi connectivity index (χ1n) is 12.9. The highest BCUT2D eigenvalue weighted by Crippen LogP contribution is 2.24. The van der Waals surface area contributed by atoms with Crippen LogP contribution in [0.15, 0.2) is 36.7 Å². The number of fused-ring (bicyclic) bond motifs is 2. The van der Waals surface area contributed by atoms with Gasteiger partial charge in [-0.25, -0.2) is 19.7 Å². The third-order valence-corrected chi connectivity index (χ3v) is 6.90. The number of nitrogens with one attached hydrogen (secondary N) is 2. The van der Waals surface area contributed by atoms with Gasteiger partial charge in [0.05, 0.1) is 12.1 Å². The van der Waals surface area contributed by atoms with Gasteiger partial charge in [0, 0.05) is 42.8 Å². The van der Waals surface area contributed by atoms with E-state index in [9.17, 15) is 9.90 Å². The second-order valence-corrected chi connectivity index (χ2v) is 9.78. The molecule has 0 fully saturated rings. The van der Waals surface area contributed by atoms with Crippen molar-refractivity contribution < 1.29 is 14.6 Å². The molecule has 2 aromatic heterocycles. The van der Waals surface area contributed by atoms with E-state index >= 15 is 0 Å². The molecular weight excluding hydrogens is 492 g/mol. The summed E-state index contributed by atoms with van der Waals surface area (Å²) in [5.41, 5.74) is 3.09. The molecular formula is C27H35ClN6O3. The number of pyridine rings is 1. The van der Waals surface area contributed by atoms with Crippen molar-refractivity contribution in [2.24, 2.45) is 0 Å². The van der Waals surface area contributed by atoms with E-state index in [1.165, 1.54) is 11.9 Å². The molecule has 0 radical (unpaired) electrons. The number of carboxylic acid groups (broad SMARTS) is 1. The summed E-state index contributed by atoms with van der Waals surface area (Å²) in [6, 6.07) is 8.84. The lowest BCUT2D eigenvalue weighted by molar-refractivity contribution is -0.138. The van der Waals surface area contributed by atoms with E-state index in [1.807, 2.05) is 0 Å². The van der Waals surface area contributed by atoms with E-state index in [0.29, 0.717) is 35.9 Å². The number of carbonyl (C=O) groups is 1. The van der Waals surface area contributed by atoms with E-state index in [2.05, 4.69) is 37.6 Å². The maximum absolute atomic E-state index is 12.1. The van der Waals surface area contributed by atoms with Crippen LogP contribution in [0.2, 0.25) is 5.02 Å². The summed E-state index contributed by atoms with van der Waals surface area (Å²) in [4.78, 5) is 27.6. The van der Waals surface area contributed by atoms with Gasteiger partial charge >= 0.3 is 5.97 Å². The Morgan fingerprint density at radius 3 is 2.95 bits per heavy atom. The molecule has 1 aromatic carbocycles. The SMILES string of the molecule is COCCN(CCCCc1ccc2c(n1)NCCC2)CCC(Nc1ncnc2cc(Cl)ccc12)C(=O)O. The Morgan fingerprint density at radius 1 is 1.22 bits per heavy atom. The number of anilines is 2. The molecule has 0 saturated heterocycles. The number of nitrogens with zero attached hydrogens (tertiary/aromatic N) is 4. The number of halogens is 1. The molecule has 0 amide bonds. The first-order chi connectivity index (χ1) is 18.0. The fourth-order valence-corrected chi connectivity index (χ4v) is 4.75. The molecule has 4 rings (SSSR count). The Morgan fingerprint density at radius 2 is 2.11 bits per heavy atom. The minimum absolute atomic E-state index is 0.427. The molecule has 0 bridgehead atoms. The van der Waals surface area contributed by atoms with Gasteiger partial charge in [-0.2, -0.15) is 0 Å². The number of aliphatic carboxylic acids is 1. The molecule has 1 unspecified atom stereocenters. The van der Waals surface area contributed by atoms with Crippen LogP contribution in [0.3, 0.4) is 0 Å². The van der Waals surface area contributed by atoms with Crippen LogP contribution in [0.4, 0.5) is 11.6 Å². The van der Waals surface area contributed by atoms with Crippen molar-refractivity contribution in [3.05, 3.63) is 52.9 Å². The van der Waals surface area contributed by atoms with Gasteiger partial charge in [-0.05, 0) is 74.9 Å².